The molecule has 1 aromatic heterocycles. The molecule has 110 valence electrons. The van der Waals surface area contributed by atoms with E-state index < -0.39 is 0 Å². The number of benzene rings is 1. The maximum absolute atomic E-state index is 12.5. The number of aromatic nitrogens is 1. The van der Waals surface area contributed by atoms with Crippen molar-refractivity contribution >= 4 is 17.3 Å². The van der Waals surface area contributed by atoms with Gasteiger partial charge in [0.15, 0.2) is 0 Å². The first kappa shape index (κ1) is 13.5. The molecule has 0 aliphatic heterocycles. The summed E-state index contributed by atoms with van der Waals surface area (Å²) in [5, 5.41) is 2.94. The first-order chi connectivity index (χ1) is 10.1. The number of anilines is 2. The summed E-state index contributed by atoms with van der Waals surface area (Å²) in [5.41, 5.74) is 8.81. The largest absolute Gasteiger partial charge is 0.497 e. The highest BCUT2D eigenvalue weighted by Gasteiger charge is 2.27. The molecule has 1 aliphatic rings. The van der Waals surface area contributed by atoms with E-state index in [1.165, 1.54) is 0 Å². The number of nitrogen functional groups attached to an aromatic ring is 1. The number of nitrogens with one attached hydrogen (secondary N) is 1. The van der Waals surface area contributed by atoms with Crippen LogP contribution in [0.5, 0.6) is 5.75 Å². The van der Waals surface area contributed by atoms with Gasteiger partial charge in [0.25, 0.3) is 5.91 Å². The van der Waals surface area contributed by atoms with Gasteiger partial charge in [-0.3, -0.25) is 4.79 Å². The summed E-state index contributed by atoms with van der Waals surface area (Å²) in [4.78, 5) is 12.5. The third kappa shape index (κ3) is 2.72. The highest BCUT2D eigenvalue weighted by molar-refractivity contribution is 6.04. The number of rotatable bonds is 4. The molecule has 1 fully saturated rings. The standard InChI is InChI=1S/C16H19N3O2/c1-10-7-13(21-2)5-6-14(10)18-16(20)15-8-11(17)9-19(15)12-3-4-12/h5-9,12H,3-4,17H2,1-2H3,(H,18,20). The molecule has 2 aromatic rings. The second kappa shape index (κ2) is 5.16. The van der Waals surface area contributed by atoms with E-state index in [1.54, 1.807) is 13.2 Å². The molecule has 0 atom stereocenters. The lowest BCUT2D eigenvalue weighted by molar-refractivity contribution is 0.101. The number of amides is 1. The Morgan fingerprint density at radius 1 is 1.38 bits per heavy atom. The van der Waals surface area contributed by atoms with Crippen molar-refractivity contribution in [2.45, 2.75) is 25.8 Å². The predicted octanol–water partition coefficient (Wildman–Crippen LogP) is 2.97. The van der Waals surface area contributed by atoms with E-state index in [0.717, 1.165) is 29.8 Å². The zero-order chi connectivity index (χ0) is 15.0. The first-order valence-corrected chi connectivity index (χ1v) is 7.02. The van der Waals surface area contributed by atoms with E-state index in [4.69, 9.17) is 10.5 Å². The Morgan fingerprint density at radius 3 is 2.76 bits per heavy atom. The minimum absolute atomic E-state index is 0.133. The minimum Gasteiger partial charge on any atom is -0.497 e. The molecule has 0 saturated heterocycles. The average Bonchev–Trinajstić information content (AvgIpc) is 3.23. The van der Waals surface area contributed by atoms with Gasteiger partial charge in [0.05, 0.1) is 12.8 Å². The van der Waals surface area contributed by atoms with Crippen molar-refractivity contribution in [3.05, 3.63) is 41.7 Å². The van der Waals surface area contributed by atoms with E-state index in [9.17, 15) is 4.79 Å². The van der Waals surface area contributed by atoms with Crippen molar-refractivity contribution in [1.82, 2.24) is 4.57 Å². The van der Waals surface area contributed by atoms with Crippen molar-refractivity contribution in [1.29, 1.82) is 0 Å². The van der Waals surface area contributed by atoms with Crippen LogP contribution in [-0.2, 0) is 0 Å². The van der Waals surface area contributed by atoms with E-state index in [1.807, 2.05) is 35.9 Å². The third-order valence-electron chi connectivity index (χ3n) is 3.72. The summed E-state index contributed by atoms with van der Waals surface area (Å²) in [5.74, 6) is 0.642. The smallest absolute Gasteiger partial charge is 0.272 e. The maximum Gasteiger partial charge on any atom is 0.272 e. The Kier molecular flexibility index (Phi) is 3.33. The van der Waals surface area contributed by atoms with Crippen LogP contribution < -0.4 is 15.8 Å². The number of hydrogen-bond acceptors (Lipinski definition) is 3. The molecule has 3 N–H and O–H groups in total. The highest BCUT2D eigenvalue weighted by Crippen LogP contribution is 2.37. The number of nitrogens with two attached hydrogens (primary N) is 1. The van der Waals surface area contributed by atoms with Crippen LogP contribution in [0, 0.1) is 6.92 Å². The third-order valence-corrected chi connectivity index (χ3v) is 3.72. The number of aryl methyl sites for hydroxylation is 1. The number of ether oxygens (including phenoxy) is 1. The van der Waals surface area contributed by atoms with Crippen molar-refractivity contribution in [2.24, 2.45) is 0 Å². The van der Waals surface area contributed by atoms with Crippen molar-refractivity contribution in [3.63, 3.8) is 0 Å². The average molecular weight is 285 g/mol. The van der Waals surface area contributed by atoms with Gasteiger partial charge in [0, 0.05) is 17.9 Å². The van der Waals surface area contributed by atoms with Gasteiger partial charge in [0.1, 0.15) is 11.4 Å². The topological polar surface area (TPSA) is 69.3 Å². The van der Waals surface area contributed by atoms with Gasteiger partial charge < -0.3 is 20.4 Å². The molecule has 0 unspecified atom stereocenters. The van der Waals surface area contributed by atoms with Gasteiger partial charge in [-0.15, -0.1) is 0 Å². The van der Waals surface area contributed by atoms with Crippen LogP contribution in [0.25, 0.3) is 0 Å². The summed E-state index contributed by atoms with van der Waals surface area (Å²) < 4.78 is 7.14. The summed E-state index contributed by atoms with van der Waals surface area (Å²) in [6, 6.07) is 7.72. The molecule has 3 rings (SSSR count). The Morgan fingerprint density at radius 2 is 2.14 bits per heavy atom. The molecule has 1 amide bonds. The Balaban J connectivity index is 1.83. The normalized spacial score (nSPS) is 14.0. The highest BCUT2D eigenvalue weighted by atomic mass is 16.5. The molecule has 0 bridgehead atoms. The molecule has 0 spiro atoms. The van der Waals surface area contributed by atoms with Crippen molar-refractivity contribution in [2.75, 3.05) is 18.2 Å². The maximum atomic E-state index is 12.5. The molecule has 1 heterocycles. The van der Waals surface area contributed by atoms with Crippen LogP contribution in [0.3, 0.4) is 0 Å². The zero-order valence-electron chi connectivity index (χ0n) is 12.2. The lowest BCUT2D eigenvalue weighted by Gasteiger charge is -2.11. The number of hydrogen-bond donors (Lipinski definition) is 2. The monoisotopic (exact) mass is 285 g/mol. The number of carbonyl (C=O) groups excluding carboxylic acids is 1. The number of methoxy groups -OCH3 is 1. The quantitative estimate of drug-likeness (QED) is 0.907. The van der Waals surface area contributed by atoms with Crippen LogP contribution in [-0.4, -0.2) is 17.6 Å². The molecule has 1 saturated carbocycles. The van der Waals surface area contributed by atoms with Gasteiger partial charge >= 0.3 is 0 Å². The molecule has 1 aromatic carbocycles. The van der Waals surface area contributed by atoms with E-state index >= 15 is 0 Å². The van der Waals surface area contributed by atoms with E-state index in [0.29, 0.717) is 17.4 Å². The van der Waals surface area contributed by atoms with Gasteiger partial charge in [-0.1, -0.05) is 0 Å². The Hall–Kier alpha value is -2.43. The molecule has 21 heavy (non-hydrogen) atoms. The molecular formula is C16H19N3O2. The van der Waals surface area contributed by atoms with Gasteiger partial charge in [-0.25, -0.2) is 0 Å². The molecule has 5 heteroatoms. The number of carbonyl (C=O) groups is 1. The van der Waals surface area contributed by atoms with E-state index in [2.05, 4.69) is 5.32 Å². The SMILES string of the molecule is COc1ccc(NC(=O)c2cc(N)cn2C2CC2)c(C)c1. The summed E-state index contributed by atoms with van der Waals surface area (Å²) >= 11 is 0. The Labute approximate surface area is 123 Å². The van der Waals surface area contributed by atoms with Gasteiger partial charge in [0.2, 0.25) is 0 Å². The van der Waals surface area contributed by atoms with Gasteiger partial charge in [-0.2, -0.15) is 0 Å². The fourth-order valence-corrected chi connectivity index (χ4v) is 2.43. The lowest BCUT2D eigenvalue weighted by atomic mass is 10.2. The first-order valence-electron chi connectivity index (χ1n) is 7.02. The fourth-order valence-electron chi connectivity index (χ4n) is 2.43. The summed E-state index contributed by atoms with van der Waals surface area (Å²) in [6.07, 6.45) is 4.05. The predicted molar refractivity (Wildman–Crippen MR) is 82.8 cm³/mol. The second-order valence-corrected chi connectivity index (χ2v) is 5.43. The van der Waals surface area contributed by atoms with Crippen molar-refractivity contribution in [3.8, 4) is 5.75 Å². The van der Waals surface area contributed by atoms with Crippen LogP contribution in [0.4, 0.5) is 11.4 Å². The summed E-state index contributed by atoms with van der Waals surface area (Å²) in [6.45, 7) is 1.94. The van der Waals surface area contributed by atoms with Crippen LogP contribution >= 0.6 is 0 Å². The van der Waals surface area contributed by atoms with Gasteiger partial charge in [-0.05, 0) is 49.6 Å². The fraction of sp³-hybridized carbons (Fsp3) is 0.312. The van der Waals surface area contributed by atoms with Crippen LogP contribution in [0.15, 0.2) is 30.5 Å². The summed E-state index contributed by atoms with van der Waals surface area (Å²) in [7, 11) is 1.62. The van der Waals surface area contributed by atoms with Crippen LogP contribution in [0.1, 0.15) is 34.9 Å². The molecule has 0 radical (unpaired) electrons. The Bertz CT molecular complexity index is 687. The molecule has 5 nitrogen and oxygen atoms in total. The lowest BCUT2D eigenvalue weighted by Crippen LogP contribution is -2.17. The second-order valence-electron chi connectivity index (χ2n) is 5.43. The number of nitrogens with zero attached hydrogens (tertiary/aromatic N) is 1. The molecular weight excluding hydrogens is 266 g/mol. The van der Waals surface area contributed by atoms with E-state index in [-0.39, 0.29) is 5.91 Å². The van der Waals surface area contributed by atoms with Crippen LogP contribution in [0.2, 0.25) is 0 Å². The zero-order valence-corrected chi connectivity index (χ0v) is 12.2. The minimum atomic E-state index is -0.133. The molecule has 1 aliphatic carbocycles. The van der Waals surface area contributed by atoms with Crippen molar-refractivity contribution < 1.29 is 9.53 Å².